The van der Waals surface area contributed by atoms with Crippen molar-refractivity contribution < 1.29 is 9.90 Å². The van der Waals surface area contributed by atoms with Gasteiger partial charge in [0.05, 0.1) is 17.4 Å². The summed E-state index contributed by atoms with van der Waals surface area (Å²) in [5, 5.41) is 12.4. The number of rotatable bonds is 5. The summed E-state index contributed by atoms with van der Waals surface area (Å²) in [6.07, 6.45) is 3.09. The van der Waals surface area contributed by atoms with E-state index in [1.54, 1.807) is 6.20 Å². The molecular formula is C19H23N3O2. The van der Waals surface area contributed by atoms with Crippen molar-refractivity contribution in [2.45, 2.75) is 18.9 Å². The van der Waals surface area contributed by atoms with Gasteiger partial charge in [0, 0.05) is 37.9 Å². The normalized spacial score (nSPS) is 16.0. The standard InChI is InChI=1S/C19H23N3O2/c23-17-8-11-22(12-9-17)13-10-20-19(24)16-6-7-18(21-14-16)15-4-2-1-3-5-15/h1-7,14,17,23H,8-13H2,(H,20,24). The van der Waals surface area contributed by atoms with Gasteiger partial charge >= 0.3 is 0 Å². The van der Waals surface area contributed by atoms with E-state index in [0.29, 0.717) is 12.1 Å². The lowest BCUT2D eigenvalue weighted by Crippen LogP contribution is -2.40. The quantitative estimate of drug-likeness (QED) is 0.882. The molecule has 0 spiro atoms. The summed E-state index contributed by atoms with van der Waals surface area (Å²) in [4.78, 5) is 18.8. The second kappa shape index (κ2) is 8.04. The maximum absolute atomic E-state index is 12.2. The maximum Gasteiger partial charge on any atom is 0.252 e. The maximum atomic E-state index is 12.2. The van der Waals surface area contributed by atoms with Crippen LogP contribution in [0.5, 0.6) is 0 Å². The number of benzene rings is 1. The molecule has 0 unspecified atom stereocenters. The smallest absolute Gasteiger partial charge is 0.252 e. The van der Waals surface area contributed by atoms with Gasteiger partial charge in [0.15, 0.2) is 0 Å². The molecule has 0 radical (unpaired) electrons. The number of aliphatic hydroxyl groups is 1. The fourth-order valence-electron chi connectivity index (χ4n) is 2.88. The van der Waals surface area contributed by atoms with E-state index >= 15 is 0 Å². The highest BCUT2D eigenvalue weighted by Crippen LogP contribution is 2.16. The van der Waals surface area contributed by atoms with Crippen molar-refractivity contribution >= 4 is 5.91 Å². The van der Waals surface area contributed by atoms with Crippen molar-refractivity contribution in [3.05, 3.63) is 54.2 Å². The average Bonchev–Trinajstić information content (AvgIpc) is 2.64. The van der Waals surface area contributed by atoms with Crippen LogP contribution in [0.3, 0.4) is 0 Å². The van der Waals surface area contributed by atoms with E-state index in [1.807, 2.05) is 42.5 Å². The van der Waals surface area contributed by atoms with E-state index in [1.165, 1.54) is 0 Å². The number of pyridine rings is 1. The summed E-state index contributed by atoms with van der Waals surface area (Å²) in [6, 6.07) is 13.6. The lowest BCUT2D eigenvalue weighted by atomic mass is 10.1. The first kappa shape index (κ1) is 16.6. The molecule has 24 heavy (non-hydrogen) atoms. The Bertz CT molecular complexity index is 650. The van der Waals surface area contributed by atoms with Gasteiger partial charge in [0.1, 0.15) is 0 Å². The highest BCUT2D eigenvalue weighted by atomic mass is 16.3. The summed E-state index contributed by atoms with van der Waals surface area (Å²) >= 11 is 0. The van der Waals surface area contributed by atoms with Crippen molar-refractivity contribution in [2.75, 3.05) is 26.2 Å². The third kappa shape index (κ3) is 4.40. The van der Waals surface area contributed by atoms with Crippen LogP contribution in [-0.2, 0) is 0 Å². The molecule has 126 valence electrons. The van der Waals surface area contributed by atoms with E-state index in [9.17, 15) is 9.90 Å². The number of aromatic nitrogens is 1. The third-order valence-electron chi connectivity index (χ3n) is 4.37. The third-order valence-corrected chi connectivity index (χ3v) is 4.37. The molecule has 0 bridgehead atoms. The molecule has 2 N–H and O–H groups in total. The minimum Gasteiger partial charge on any atom is -0.393 e. The highest BCUT2D eigenvalue weighted by molar-refractivity contribution is 5.94. The van der Waals surface area contributed by atoms with Gasteiger partial charge in [-0.1, -0.05) is 30.3 Å². The van der Waals surface area contributed by atoms with Gasteiger partial charge in [-0.05, 0) is 25.0 Å². The van der Waals surface area contributed by atoms with Gasteiger partial charge in [0.25, 0.3) is 5.91 Å². The van der Waals surface area contributed by atoms with Crippen molar-refractivity contribution in [1.82, 2.24) is 15.2 Å². The van der Waals surface area contributed by atoms with Crippen molar-refractivity contribution in [3.8, 4) is 11.3 Å². The molecule has 5 nitrogen and oxygen atoms in total. The number of aliphatic hydroxyl groups excluding tert-OH is 1. The summed E-state index contributed by atoms with van der Waals surface area (Å²) in [5.41, 5.74) is 2.47. The fraction of sp³-hybridized carbons (Fsp3) is 0.368. The second-order valence-electron chi connectivity index (χ2n) is 6.13. The minimum atomic E-state index is -0.162. The fourth-order valence-corrected chi connectivity index (χ4v) is 2.88. The lowest BCUT2D eigenvalue weighted by Gasteiger charge is -2.29. The number of nitrogens with one attached hydrogen (secondary N) is 1. The van der Waals surface area contributed by atoms with Crippen LogP contribution in [0.2, 0.25) is 0 Å². The molecule has 0 saturated carbocycles. The molecule has 1 aliphatic heterocycles. The minimum absolute atomic E-state index is 0.0980. The number of carbonyl (C=O) groups excluding carboxylic acids is 1. The van der Waals surface area contributed by atoms with E-state index in [4.69, 9.17) is 0 Å². The largest absolute Gasteiger partial charge is 0.393 e. The Morgan fingerprint density at radius 1 is 1.17 bits per heavy atom. The van der Waals surface area contributed by atoms with Crippen LogP contribution in [0.1, 0.15) is 23.2 Å². The topological polar surface area (TPSA) is 65.5 Å². The van der Waals surface area contributed by atoms with Gasteiger partial charge in [-0.15, -0.1) is 0 Å². The van der Waals surface area contributed by atoms with Crippen molar-refractivity contribution in [1.29, 1.82) is 0 Å². The lowest BCUT2D eigenvalue weighted by molar-refractivity contribution is 0.0804. The molecule has 5 heteroatoms. The van der Waals surface area contributed by atoms with Gasteiger partial charge in [-0.3, -0.25) is 9.78 Å². The van der Waals surface area contributed by atoms with Gasteiger partial charge in [-0.25, -0.2) is 0 Å². The molecule has 1 aliphatic rings. The molecule has 3 rings (SSSR count). The zero-order valence-corrected chi connectivity index (χ0v) is 13.7. The Morgan fingerprint density at radius 2 is 1.92 bits per heavy atom. The van der Waals surface area contributed by atoms with E-state index in [0.717, 1.165) is 43.7 Å². The molecule has 2 aromatic rings. The Labute approximate surface area is 142 Å². The molecule has 0 aliphatic carbocycles. The highest BCUT2D eigenvalue weighted by Gasteiger charge is 2.16. The first-order valence-electron chi connectivity index (χ1n) is 8.42. The van der Waals surface area contributed by atoms with Crippen LogP contribution in [0.25, 0.3) is 11.3 Å². The van der Waals surface area contributed by atoms with Crippen LogP contribution < -0.4 is 5.32 Å². The number of nitrogens with zero attached hydrogens (tertiary/aromatic N) is 2. The Kier molecular flexibility index (Phi) is 5.56. The first-order valence-corrected chi connectivity index (χ1v) is 8.42. The van der Waals surface area contributed by atoms with Gasteiger partial charge < -0.3 is 15.3 Å². The summed E-state index contributed by atoms with van der Waals surface area (Å²) < 4.78 is 0. The summed E-state index contributed by atoms with van der Waals surface area (Å²) in [5.74, 6) is -0.0980. The predicted octanol–water partition coefficient (Wildman–Crippen LogP) is 1.94. The molecule has 1 amide bonds. The van der Waals surface area contributed by atoms with Gasteiger partial charge in [-0.2, -0.15) is 0 Å². The number of amides is 1. The number of likely N-dealkylation sites (tertiary alicyclic amines) is 1. The van der Waals surface area contributed by atoms with Crippen LogP contribution >= 0.6 is 0 Å². The molecule has 1 aromatic carbocycles. The molecule has 1 aromatic heterocycles. The van der Waals surface area contributed by atoms with Crippen LogP contribution in [-0.4, -0.2) is 53.2 Å². The number of hydrogen-bond acceptors (Lipinski definition) is 4. The molecule has 0 atom stereocenters. The first-order chi connectivity index (χ1) is 11.7. The summed E-state index contributed by atoms with van der Waals surface area (Å²) in [6.45, 7) is 3.21. The summed E-state index contributed by atoms with van der Waals surface area (Å²) in [7, 11) is 0. The van der Waals surface area contributed by atoms with Crippen LogP contribution in [0.15, 0.2) is 48.7 Å². The Balaban J connectivity index is 1.48. The molecule has 1 fully saturated rings. The van der Waals surface area contributed by atoms with E-state index in [-0.39, 0.29) is 12.0 Å². The molecule has 1 saturated heterocycles. The zero-order valence-electron chi connectivity index (χ0n) is 13.7. The number of piperidine rings is 1. The number of carbonyl (C=O) groups is 1. The van der Waals surface area contributed by atoms with Crippen molar-refractivity contribution in [2.24, 2.45) is 0 Å². The monoisotopic (exact) mass is 325 g/mol. The molecular weight excluding hydrogens is 302 g/mol. The SMILES string of the molecule is O=C(NCCN1CCC(O)CC1)c1ccc(-c2ccccc2)nc1. The Morgan fingerprint density at radius 3 is 2.58 bits per heavy atom. The van der Waals surface area contributed by atoms with Crippen molar-refractivity contribution in [3.63, 3.8) is 0 Å². The van der Waals surface area contributed by atoms with Crippen LogP contribution in [0, 0.1) is 0 Å². The predicted molar refractivity (Wildman–Crippen MR) is 93.7 cm³/mol. The average molecular weight is 325 g/mol. The zero-order chi connectivity index (χ0) is 16.8. The van der Waals surface area contributed by atoms with Crippen LogP contribution in [0.4, 0.5) is 0 Å². The second-order valence-corrected chi connectivity index (χ2v) is 6.13. The molecule has 2 heterocycles. The van der Waals surface area contributed by atoms with E-state index < -0.39 is 0 Å². The van der Waals surface area contributed by atoms with Gasteiger partial charge in [0.2, 0.25) is 0 Å². The number of hydrogen-bond donors (Lipinski definition) is 2. The van der Waals surface area contributed by atoms with E-state index in [2.05, 4.69) is 15.2 Å². The Hall–Kier alpha value is -2.24.